The fourth-order valence-corrected chi connectivity index (χ4v) is 4.76. The second-order valence-corrected chi connectivity index (χ2v) is 8.94. The number of methoxy groups -OCH3 is 1. The van der Waals surface area contributed by atoms with Crippen LogP contribution in [-0.2, 0) is 9.53 Å². The van der Waals surface area contributed by atoms with Crippen molar-refractivity contribution < 1.29 is 19.1 Å². The lowest BCUT2D eigenvalue weighted by Crippen LogP contribution is -2.52. The van der Waals surface area contributed by atoms with Crippen molar-refractivity contribution in [2.45, 2.75) is 26.8 Å². The van der Waals surface area contributed by atoms with Crippen molar-refractivity contribution in [1.29, 1.82) is 0 Å². The maximum atomic E-state index is 13.1. The molecule has 186 valence electrons. The molecule has 0 bridgehead atoms. The average Bonchev–Trinajstić information content (AvgIpc) is 2.85. The summed E-state index contributed by atoms with van der Waals surface area (Å²) in [5.41, 5.74) is 5.47. The van der Waals surface area contributed by atoms with Crippen LogP contribution >= 0.6 is 0 Å². The molecule has 2 aromatic rings. The van der Waals surface area contributed by atoms with Crippen LogP contribution in [0, 0.1) is 13.8 Å². The highest BCUT2D eigenvalue weighted by Crippen LogP contribution is 2.34. The highest BCUT2D eigenvalue weighted by atomic mass is 16.5. The van der Waals surface area contributed by atoms with E-state index in [1.807, 2.05) is 24.3 Å². The fourth-order valence-electron chi connectivity index (χ4n) is 4.76. The Morgan fingerprint density at radius 3 is 2.54 bits per heavy atom. The SMILES string of the molecule is CCOC(=O)C1=C(CN2CCN(c3cc(C)ccc3C)CC2)NC(=O)N[C@H]1c1ccccc1OC. The standard InChI is InChI=1S/C27H34N4O4/c1-5-35-26(32)24-21(28-27(33)29-25(24)20-8-6-7-9-23(20)34-4)17-30-12-14-31(15-13-30)22-16-18(2)10-11-19(22)3/h6-11,16,25H,5,12-15,17H2,1-4H3,(H2,28,29,33)/t25-/m0/s1. The van der Waals surface area contributed by atoms with E-state index in [1.165, 1.54) is 16.8 Å². The molecule has 0 radical (unpaired) electrons. The van der Waals surface area contributed by atoms with Crippen LogP contribution in [0.5, 0.6) is 5.75 Å². The van der Waals surface area contributed by atoms with Gasteiger partial charge in [-0.15, -0.1) is 0 Å². The first-order chi connectivity index (χ1) is 16.9. The number of benzene rings is 2. The number of nitrogens with one attached hydrogen (secondary N) is 2. The molecule has 2 heterocycles. The summed E-state index contributed by atoms with van der Waals surface area (Å²) in [5, 5.41) is 5.77. The monoisotopic (exact) mass is 478 g/mol. The maximum absolute atomic E-state index is 13.1. The molecule has 2 amide bonds. The number of carbonyl (C=O) groups is 2. The van der Waals surface area contributed by atoms with Gasteiger partial charge in [0.2, 0.25) is 0 Å². The van der Waals surface area contributed by atoms with Gasteiger partial charge in [-0.2, -0.15) is 0 Å². The summed E-state index contributed by atoms with van der Waals surface area (Å²) in [4.78, 5) is 30.4. The Labute approximate surface area is 206 Å². The predicted octanol–water partition coefficient (Wildman–Crippen LogP) is 3.31. The summed E-state index contributed by atoms with van der Waals surface area (Å²) in [6.45, 7) is 10.1. The summed E-state index contributed by atoms with van der Waals surface area (Å²) in [7, 11) is 1.58. The number of rotatable bonds is 7. The molecule has 8 heteroatoms. The average molecular weight is 479 g/mol. The molecular formula is C27H34N4O4. The quantitative estimate of drug-likeness (QED) is 0.594. The van der Waals surface area contributed by atoms with Gasteiger partial charge in [0.25, 0.3) is 0 Å². The summed E-state index contributed by atoms with van der Waals surface area (Å²) < 4.78 is 10.9. The van der Waals surface area contributed by atoms with Crippen molar-refractivity contribution in [1.82, 2.24) is 15.5 Å². The van der Waals surface area contributed by atoms with E-state index >= 15 is 0 Å². The van der Waals surface area contributed by atoms with Crippen LogP contribution in [0.25, 0.3) is 0 Å². The van der Waals surface area contributed by atoms with E-state index in [1.54, 1.807) is 14.0 Å². The van der Waals surface area contributed by atoms with Gasteiger partial charge in [0.05, 0.1) is 25.3 Å². The van der Waals surface area contributed by atoms with Crippen LogP contribution in [0.3, 0.4) is 0 Å². The number of nitrogens with zero attached hydrogens (tertiary/aromatic N) is 2. The summed E-state index contributed by atoms with van der Waals surface area (Å²) >= 11 is 0. The lowest BCUT2D eigenvalue weighted by molar-refractivity contribution is -0.139. The van der Waals surface area contributed by atoms with E-state index in [2.05, 4.69) is 52.5 Å². The molecule has 8 nitrogen and oxygen atoms in total. The van der Waals surface area contributed by atoms with Crippen molar-refractivity contribution in [2.75, 3.05) is 51.3 Å². The number of hydrogen-bond donors (Lipinski definition) is 2. The van der Waals surface area contributed by atoms with Crippen molar-refractivity contribution in [3.63, 3.8) is 0 Å². The molecule has 0 aromatic heterocycles. The van der Waals surface area contributed by atoms with Gasteiger partial charge in [-0.05, 0) is 44.0 Å². The van der Waals surface area contributed by atoms with Crippen molar-refractivity contribution in [3.8, 4) is 5.75 Å². The van der Waals surface area contributed by atoms with E-state index < -0.39 is 12.0 Å². The Morgan fingerprint density at radius 2 is 1.83 bits per heavy atom. The van der Waals surface area contributed by atoms with Crippen molar-refractivity contribution in [2.24, 2.45) is 0 Å². The summed E-state index contributed by atoms with van der Waals surface area (Å²) in [5.74, 6) is 0.155. The third kappa shape index (κ3) is 5.43. The van der Waals surface area contributed by atoms with Crippen molar-refractivity contribution in [3.05, 3.63) is 70.4 Å². The van der Waals surface area contributed by atoms with Gasteiger partial charge < -0.3 is 25.0 Å². The number of piperazine rings is 1. The minimum absolute atomic E-state index is 0.247. The minimum atomic E-state index is -0.662. The normalized spacial score (nSPS) is 18.7. The Hall–Kier alpha value is -3.52. The second-order valence-electron chi connectivity index (χ2n) is 8.94. The zero-order valence-electron chi connectivity index (χ0n) is 20.9. The van der Waals surface area contributed by atoms with Gasteiger partial charge in [-0.3, -0.25) is 4.90 Å². The molecular weight excluding hydrogens is 444 g/mol. The van der Waals surface area contributed by atoms with Crippen LogP contribution in [-0.4, -0.2) is 63.3 Å². The molecule has 0 spiro atoms. The first-order valence-electron chi connectivity index (χ1n) is 12.1. The number of aryl methyl sites for hydroxylation is 2. The smallest absolute Gasteiger partial charge is 0.338 e. The molecule has 2 aliphatic heterocycles. The number of ether oxygens (including phenoxy) is 2. The van der Waals surface area contributed by atoms with Crippen LogP contribution in [0.4, 0.5) is 10.5 Å². The molecule has 0 unspecified atom stereocenters. The number of amides is 2. The Bertz CT molecular complexity index is 1120. The molecule has 1 fully saturated rings. The zero-order chi connectivity index (χ0) is 24.9. The number of urea groups is 1. The lowest BCUT2D eigenvalue weighted by atomic mass is 9.94. The number of anilines is 1. The van der Waals surface area contributed by atoms with Gasteiger partial charge in [0.1, 0.15) is 5.75 Å². The first-order valence-corrected chi connectivity index (χ1v) is 12.1. The molecule has 0 aliphatic carbocycles. The number of hydrogen-bond acceptors (Lipinski definition) is 6. The molecule has 0 saturated carbocycles. The molecule has 2 N–H and O–H groups in total. The van der Waals surface area contributed by atoms with Gasteiger partial charge in [-0.25, -0.2) is 9.59 Å². The molecule has 1 saturated heterocycles. The van der Waals surface area contributed by atoms with E-state index in [0.29, 0.717) is 29.1 Å². The lowest BCUT2D eigenvalue weighted by Gasteiger charge is -2.38. The summed E-state index contributed by atoms with van der Waals surface area (Å²) in [6, 6.07) is 12.9. The van der Waals surface area contributed by atoms with E-state index in [4.69, 9.17) is 9.47 Å². The minimum Gasteiger partial charge on any atom is -0.496 e. The molecule has 2 aromatic carbocycles. The molecule has 2 aliphatic rings. The predicted molar refractivity (Wildman–Crippen MR) is 136 cm³/mol. The van der Waals surface area contributed by atoms with Crippen LogP contribution < -0.4 is 20.3 Å². The number of carbonyl (C=O) groups excluding carboxylic acids is 2. The fraction of sp³-hybridized carbons (Fsp3) is 0.407. The first kappa shape index (κ1) is 24.6. The van der Waals surface area contributed by atoms with E-state index in [-0.39, 0.29) is 12.6 Å². The van der Waals surface area contributed by atoms with E-state index in [0.717, 1.165) is 26.2 Å². The zero-order valence-corrected chi connectivity index (χ0v) is 20.9. The van der Waals surface area contributed by atoms with Gasteiger partial charge in [-0.1, -0.05) is 30.3 Å². The summed E-state index contributed by atoms with van der Waals surface area (Å²) in [6.07, 6.45) is 0. The highest BCUT2D eigenvalue weighted by Gasteiger charge is 2.36. The van der Waals surface area contributed by atoms with Crippen LogP contribution in [0.2, 0.25) is 0 Å². The van der Waals surface area contributed by atoms with E-state index in [9.17, 15) is 9.59 Å². The number of para-hydroxylation sites is 1. The Morgan fingerprint density at radius 1 is 1.09 bits per heavy atom. The topological polar surface area (TPSA) is 83.1 Å². The van der Waals surface area contributed by atoms with Gasteiger partial charge in [0.15, 0.2) is 0 Å². The van der Waals surface area contributed by atoms with Crippen LogP contribution in [0.1, 0.15) is 29.7 Å². The van der Waals surface area contributed by atoms with Gasteiger partial charge >= 0.3 is 12.0 Å². The third-order valence-electron chi connectivity index (χ3n) is 6.56. The second kappa shape index (κ2) is 10.8. The largest absolute Gasteiger partial charge is 0.496 e. The highest BCUT2D eigenvalue weighted by molar-refractivity contribution is 5.95. The van der Waals surface area contributed by atoms with Crippen LogP contribution in [0.15, 0.2) is 53.7 Å². The molecule has 1 atom stereocenters. The Kier molecular flexibility index (Phi) is 7.60. The van der Waals surface area contributed by atoms with Crippen molar-refractivity contribution >= 4 is 17.7 Å². The Balaban J connectivity index is 1.59. The maximum Gasteiger partial charge on any atom is 0.338 e. The molecule has 35 heavy (non-hydrogen) atoms. The third-order valence-corrected chi connectivity index (χ3v) is 6.56. The molecule has 4 rings (SSSR count). The number of esters is 1. The van der Waals surface area contributed by atoms with Gasteiger partial charge in [0, 0.05) is 49.7 Å².